The number of rotatable bonds is 8. The first-order valence-corrected chi connectivity index (χ1v) is 20.3. The van der Waals surface area contributed by atoms with Crippen molar-refractivity contribution < 1.29 is 23.1 Å². The van der Waals surface area contributed by atoms with Gasteiger partial charge >= 0.3 is 0 Å². The summed E-state index contributed by atoms with van der Waals surface area (Å²) in [5, 5.41) is 0.123. The lowest BCUT2D eigenvalue weighted by atomic mass is 9.50. The van der Waals surface area contributed by atoms with Crippen LogP contribution in [0.25, 0.3) is 0 Å². The van der Waals surface area contributed by atoms with Gasteiger partial charge in [0, 0.05) is 18.9 Å². The van der Waals surface area contributed by atoms with Crippen LogP contribution in [0.2, 0.25) is 36.3 Å². The zero-order chi connectivity index (χ0) is 29.4. The monoisotopic (exact) mass is 572 g/mol. The van der Waals surface area contributed by atoms with Crippen molar-refractivity contribution in [2.45, 2.75) is 115 Å². The highest BCUT2D eigenvalue weighted by Gasteiger charge is 2.66. The second-order valence-electron chi connectivity index (χ2n) is 14.5. The molecule has 2 saturated carbocycles. The number of hydrogen-bond donors (Lipinski definition) is 0. The molecule has 0 aromatic heterocycles. The molecule has 2 fully saturated rings. The van der Waals surface area contributed by atoms with E-state index in [0.717, 1.165) is 12.2 Å². The summed E-state index contributed by atoms with van der Waals surface area (Å²) in [5.41, 5.74) is -0.748. The minimum absolute atomic E-state index is 0.00887. The zero-order valence-electron chi connectivity index (χ0n) is 26.4. The maximum Gasteiger partial charge on any atom is 0.193 e. The number of Topliss-reactive ketones (excluding diaryl/α,β-unsaturated/α-hetero) is 1. The quantitative estimate of drug-likeness (QED) is 0.239. The van der Waals surface area contributed by atoms with Gasteiger partial charge in [0.2, 0.25) is 0 Å². The number of fused-ring (bicyclic) bond motifs is 1. The Morgan fingerprint density at radius 3 is 2.13 bits per heavy atom. The standard InChI is InChI=1S/C32H52O5Si2/c1-23-28-26(27(37-39(11,12)31(5,6)7)20-21-32(28,34-8)29(23)33)19-18-25(36-38(9,10)30(2,3)4)22-35-24-16-14-13-15-17-24/h13-17,23,25-28H,20-22H2,1-12H3/t23?,25-,26-,27+,28+,32+/m1/s1. The zero-order valence-corrected chi connectivity index (χ0v) is 28.4. The molecule has 6 atom stereocenters. The Labute approximate surface area is 240 Å². The highest BCUT2D eigenvalue weighted by atomic mass is 28.4. The van der Waals surface area contributed by atoms with Crippen LogP contribution in [-0.4, -0.2) is 53.9 Å². The fourth-order valence-corrected chi connectivity index (χ4v) is 7.97. The van der Waals surface area contributed by atoms with Gasteiger partial charge in [-0.05, 0) is 61.2 Å². The third kappa shape index (κ3) is 6.57. The minimum Gasteiger partial charge on any atom is -0.490 e. The lowest BCUT2D eigenvalue weighted by molar-refractivity contribution is -0.204. The SMILES string of the molecule is CO[C@@]12CC[C@H](O[Si](C)(C)C(C)(C)C)[C@@H](C#C[C@H](COc3ccccc3)O[Si](C)(C)C(C)(C)C)[C@@H]1C(C)C2=O. The predicted octanol–water partition coefficient (Wildman–Crippen LogP) is 7.48. The van der Waals surface area contributed by atoms with E-state index in [0.29, 0.717) is 13.0 Å². The third-order valence-electron chi connectivity index (χ3n) is 9.91. The number of para-hydroxylation sites is 1. The second-order valence-corrected chi connectivity index (χ2v) is 24.0. The van der Waals surface area contributed by atoms with Crippen LogP contribution in [0, 0.1) is 29.6 Å². The summed E-state index contributed by atoms with van der Waals surface area (Å²) in [6.45, 7) is 25.0. The summed E-state index contributed by atoms with van der Waals surface area (Å²) < 4.78 is 25.9. The van der Waals surface area contributed by atoms with Crippen molar-refractivity contribution in [2.75, 3.05) is 13.7 Å². The average Bonchev–Trinajstić information content (AvgIpc) is 2.84. The Morgan fingerprint density at radius 1 is 1.00 bits per heavy atom. The molecule has 0 N–H and O–H groups in total. The minimum atomic E-state index is -2.12. The van der Waals surface area contributed by atoms with Crippen LogP contribution >= 0.6 is 0 Å². The number of carbonyl (C=O) groups is 1. The molecule has 0 heterocycles. The first-order chi connectivity index (χ1) is 17.9. The third-order valence-corrected chi connectivity index (χ3v) is 18.9. The molecule has 0 bridgehead atoms. The molecule has 39 heavy (non-hydrogen) atoms. The van der Waals surface area contributed by atoms with E-state index in [1.165, 1.54) is 0 Å². The summed E-state index contributed by atoms with van der Waals surface area (Å²) in [7, 11) is -2.50. The van der Waals surface area contributed by atoms with E-state index in [1.807, 2.05) is 37.3 Å². The fraction of sp³-hybridized carbons (Fsp3) is 0.719. The highest BCUT2D eigenvalue weighted by molar-refractivity contribution is 6.74. The van der Waals surface area contributed by atoms with Gasteiger partial charge in [-0.2, -0.15) is 0 Å². The Kier molecular flexibility index (Phi) is 9.42. The van der Waals surface area contributed by atoms with Gasteiger partial charge in [0.1, 0.15) is 24.1 Å². The summed E-state index contributed by atoms with van der Waals surface area (Å²) in [5.74, 6) is 7.94. The van der Waals surface area contributed by atoms with Crippen LogP contribution in [-0.2, 0) is 18.4 Å². The van der Waals surface area contributed by atoms with Crippen molar-refractivity contribution in [3.05, 3.63) is 30.3 Å². The topological polar surface area (TPSA) is 54.0 Å². The molecule has 3 rings (SSSR count). The molecule has 0 aliphatic heterocycles. The first-order valence-electron chi connectivity index (χ1n) is 14.5. The van der Waals surface area contributed by atoms with E-state index in [4.69, 9.17) is 18.3 Å². The number of ketones is 1. The van der Waals surface area contributed by atoms with Crippen molar-refractivity contribution in [2.24, 2.45) is 17.8 Å². The molecule has 2 aliphatic carbocycles. The summed E-state index contributed by atoms with van der Waals surface area (Å²) >= 11 is 0. The summed E-state index contributed by atoms with van der Waals surface area (Å²) in [6, 6.07) is 9.82. The van der Waals surface area contributed by atoms with Gasteiger partial charge in [-0.15, -0.1) is 0 Å². The largest absolute Gasteiger partial charge is 0.490 e. The van der Waals surface area contributed by atoms with Crippen LogP contribution in [0.1, 0.15) is 61.3 Å². The average molecular weight is 573 g/mol. The van der Waals surface area contributed by atoms with E-state index in [2.05, 4.69) is 79.6 Å². The molecule has 1 unspecified atom stereocenters. The van der Waals surface area contributed by atoms with Crippen LogP contribution < -0.4 is 4.74 Å². The predicted molar refractivity (Wildman–Crippen MR) is 164 cm³/mol. The lowest BCUT2D eigenvalue weighted by Gasteiger charge is -2.58. The van der Waals surface area contributed by atoms with Crippen LogP contribution in [0.3, 0.4) is 0 Å². The van der Waals surface area contributed by atoms with Gasteiger partial charge in [0.05, 0.1) is 12.0 Å². The van der Waals surface area contributed by atoms with E-state index in [1.54, 1.807) is 7.11 Å². The van der Waals surface area contributed by atoms with Crippen LogP contribution in [0.4, 0.5) is 0 Å². The summed E-state index contributed by atoms with van der Waals surface area (Å²) in [4.78, 5) is 13.1. The Morgan fingerprint density at radius 2 is 1.59 bits per heavy atom. The molecule has 0 saturated heterocycles. The van der Waals surface area contributed by atoms with Gasteiger partial charge in [-0.1, -0.05) is 78.5 Å². The van der Waals surface area contributed by atoms with Gasteiger partial charge in [-0.3, -0.25) is 4.79 Å². The van der Waals surface area contributed by atoms with E-state index < -0.39 is 22.2 Å². The van der Waals surface area contributed by atoms with Gasteiger partial charge in [0.15, 0.2) is 22.4 Å². The van der Waals surface area contributed by atoms with Gasteiger partial charge < -0.3 is 18.3 Å². The first kappa shape index (κ1) is 32.1. The number of benzene rings is 1. The molecule has 0 radical (unpaired) electrons. The van der Waals surface area contributed by atoms with Crippen LogP contribution in [0.5, 0.6) is 5.75 Å². The molecular formula is C32H52O5Si2. The van der Waals surface area contributed by atoms with Crippen molar-refractivity contribution in [3.8, 4) is 17.6 Å². The van der Waals surface area contributed by atoms with Crippen molar-refractivity contribution >= 4 is 22.4 Å². The molecule has 7 heteroatoms. The molecule has 2 aliphatic rings. The summed E-state index contributed by atoms with van der Waals surface area (Å²) in [6.07, 6.45) is 1.04. The van der Waals surface area contributed by atoms with E-state index in [-0.39, 0.29) is 45.8 Å². The molecule has 218 valence electrons. The van der Waals surface area contributed by atoms with E-state index in [9.17, 15) is 4.79 Å². The van der Waals surface area contributed by atoms with Crippen molar-refractivity contribution in [3.63, 3.8) is 0 Å². The number of hydrogen-bond acceptors (Lipinski definition) is 5. The van der Waals surface area contributed by atoms with Crippen molar-refractivity contribution in [1.82, 2.24) is 0 Å². The lowest BCUT2D eigenvalue weighted by Crippen LogP contribution is -2.70. The highest BCUT2D eigenvalue weighted by Crippen LogP contribution is 2.55. The van der Waals surface area contributed by atoms with Crippen LogP contribution in [0.15, 0.2) is 30.3 Å². The molecule has 5 nitrogen and oxygen atoms in total. The van der Waals surface area contributed by atoms with Gasteiger partial charge in [-0.25, -0.2) is 0 Å². The number of ether oxygens (including phenoxy) is 2. The maximum atomic E-state index is 13.1. The molecule has 0 amide bonds. The molecule has 0 spiro atoms. The smallest absolute Gasteiger partial charge is 0.193 e. The van der Waals surface area contributed by atoms with E-state index >= 15 is 0 Å². The van der Waals surface area contributed by atoms with Gasteiger partial charge in [0.25, 0.3) is 0 Å². The fourth-order valence-electron chi connectivity index (χ4n) is 5.40. The Balaban J connectivity index is 1.98. The number of methoxy groups -OCH3 is 1. The Bertz CT molecular complexity index is 1060. The normalized spacial score (nSPS) is 28.6. The second kappa shape index (κ2) is 11.4. The molecule has 1 aromatic rings. The Hall–Kier alpha value is -1.44. The molecule has 1 aromatic carbocycles. The number of carbonyl (C=O) groups excluding carboxylic acids is 1. The van der Waals surface area contributed by atoms with Crippen molar-refractivity contribution in [1.29, 1.82) is 0 Å². The maximum absolute atomic E-state index is 13.1. The molecular weight excluding hydrogens is 521 g/mol.